The first-order valence-corrected chi connectivity index (χ1v) is 10.2. The van der Waals surface area contributed by atoms with Crippen molar-refractivity contribution in [2.45, 2.75) is 6.18 Å². The molecule has 0 bridgehead atoms. The zero-order chi connectivity index (χ0) is 24.2. The molecule has 34 heavy (non-hydrogen) atoms. The van der Waals surface area contributed by atoms with Gasteiger partial charge >= 0.3 is 12.1 Å². The maximum Gasteiger partial charge on any atom is 0.417 e. The Hall–Kier alpha value is -4.40. The van der Waals surface area contributed by atoms with Gasteiger partial charge in [0.2, 0.25) is 5.78 Å². The largest absolute Gasteiger partial charge is 0.478 e. The number of hydrogen-bond donors (Lipinski definition) is 1. The minimum Gasteiger partial charge on any atom is -0.478 e. The summed E-state index contributed by atoms with van der Waals surface area (Å²) in [5.74, 6) is -1.49. The fourth-order valence-electron chi connectivity index (χ4n) is 4.10. The third-order valence-electron chi connectivity index (χ3n) is 5.78. The first-order chi connectivity index (χ1) is 16.1. The van der Waals surface area contributed by atoms with E-state index in [1.54, 1.807) is 37.5 Å². The Balaban J connectivity index is 1.67. The molecular formula is C25H16F3N3O3. The first kappa shape index (κ1) is 21.4. The predicted molar refractivity (Wildman–Crippen MR) is 119 cm³/mol. The van der Waals surface area contributed by atoms with Crippen LogP contribution in [0, 0.1) is 0 Å². The summed E-state index contributed by atoms with van der Waals surface area (Å²) < 4.78 is 45.1. The highest BCUT2D eigenvalue weighted by molar-refractivity contribution is 6.09. The maximum atomic E-state index is 14.0. The van der Waals surface area contributed by atoms with Crippen LogP contribution in [0.3, 0.4) is 0 Å². The lowest BCUT2D eigenvalue weighted by Crippen LogP contribution is -2.09. The van der Waals surface area contributed by atoms with Gasteiger partial charge in [0.15, 0.2) is 0 Å². The number of rotatable bonds is 4. The molecule has 0 saturated carbocycles. The summed E-state index contributed by atoms with van der Waals surface area (Å²) in [6, 6.07) is 14.3. The van der Waals surface area contributed by atoms with E-state index in [0.29, 0.717) is 22.1 Å². The van der Waals surface area contributed by atoms with Crippen LogP contribution in [0.25, 0.3) is 27.7 Å². The highest BCUT2D eigenvalue weighted by Crippen LogP contribution is 2.40. The molecule has 0 aliphatic carbocycles. The lowest BCUT2D eigenvalue weighted by Gasteiger charge is -2.15. The Morgan fingerprint density at radius 1 is 0.912 bits per heavy atom. The number of aryl methyl sites for hydroxylation is 1. The number of carbonyl (C=O) groups excluding carboxylic acids is 1. The Kier molecular flexibility index (Phi) is 4.78. The van der Waals surface area contributed by atoms with Gasteiger partial charge in [0, 0.05) is 24.4 Å². The Morgan fingerprint density at radius 3 is 2.29 bits per heavy atom. The molecule has 0 radical (unpaired) electrons. The SMILES string of the molecule is Cn1cnc2cc(-c3cccn4c(C(=O)c5ccc(C(=O)O)cc5)ccc34)c(C(F)(F)F)cc21. The molecule has 170 valence electrons. The molecule has 5 rings (SSSR count). The molecule has 0 unspecified atom stereocenters. The number of halogens is 3. The van der Waals surface area contributed by atoms with E-state index < -0.39 is 17.7 Å². The number of pyridine rings is 1. The van der Waals surface area contributed by atoms with E-state index in [4.69, 9.17) is 5.11 Å². The number of aromatic carboxylic acids is 1. The van der Waals surface area contributed by atoms with Crippen molar-refractivity contribution in [1.29, 1.82) is 0 Å². The van der Waals surface area contributed by atoms with Crippen LogP contribution in [0.4, 0.5) is 13.2 Å². The van der Waals surface area contributed by atoms with Gasteiger partial charge in [-0.2, -0.15) is 13.2 Å². The fourth-order valence-corrected chi connectivity index (χ4v) is 4.10. The van der Waals surface area contributed by atoms with Crippen molar-refractivity contribution in [2.24, 2.45) is 7.05 Å². The van der Waals surface area contributed by atoms with E-state index in [1.165, 1.54) is 45.6 Å². The molecule has 0 amide bonds. The highest BCUT2D eigenvalue weighted by atomic mass is 19.4. The zero-order valence-electron chi connectivity index (χ0n) is 17.7. The number of carbonyl (C=O) groups is 2. The number of nitrogens with zero attached hydrogens (tertiary/aromatic N) is 3. The molecule has 0 aliphatic heterocycles. The van der Waals surface area contributed by atoms with Gasteiger partial charge < -0.3 is 14.1 Å². The maximum absolute atomic E-state index is 14.0. The van der Waals surface area contributed by atoms with E-state index in [2.05, 4.69) is 4.98 Å². The average Bonchev–Trinajstić information content (AvgIpc) is 3.40. The quantitative estimate of drug-likeness (QED) is 0.360. The molecule has 0 fully saturated rings. The Labute approximate surface area is 190 Å². The summed E-state index contributed by atoms with van der Waals surface area (Å²) in [5.41, 5.74) is 1.24. The van der Waals surface area contributed by atoms with Crippen molar-refractivity contribution in [3.63, 3.8) is 0 Å². The number of benzene rings is 2. The number of fused-ring (bicyclic) bond motifs is 2. The molecule has 3 aromatic heterocycles. The van der Waals surface area contributed by atoms with Gasteiger partial charge in [-0.3, -0.25) is 4.79 Å². The molecule has 2 aromatic carbocycles. The van der Waals surface area contributed by atoms with Gasteiger partial charge in [-0.25, -0.2) is 9.78 Å². The van der Waals surface area contributed by atoms with Crippen LogP contribution in [0.1, 0.15) is 32.0 Å². The molecule has 1 N–H and O–H groups in total. The second kappa shape index (κ2) is 7.58. The summed E-state index contributed by atoms with van der Waals surface area (Å²) in [4.78, 5) is 28.4. The van der Waals surface area contributed by atoms with Gasteiger partial charge in [-0.05, 0) is 48.0 Å². The molecule has 0 spiro atoms. The molecule has 0 aliphatic rings. The van der Waals surface area contributed by atoms with Crippen molar-refractivity contribution in [3.8, 4) is 11.1 Å². The summed E-state index contributed by atoms with van der Waals surface area (Å²) in [7, 11) is 1.63. The third-order valence-corrected chi connectivity index (χ3v) is 5.78. The number of carboxylic acids is 1. The highest BCUT2D eigenvalue weighted by Gasteiger charge is 2.35. The third kappa shape index (κ3) is 3.42. The number of ketones is 1. The monoisotopic (exact) mass is 463 g/mol. The molecule has 9 heteroatoms. The van der Waals surface area contributed by atoms with E-state index in [-0.39, 0.29) is 28.2 Å². The van der Waals surface area contributed by atoms with Crippen LogP contribution in [0.2, 0.25) is 0 Å². The van der Waals surface area contributed by atoms with E-state index in [1.807, 2.05) is 0 Å². The standard InChI is InChI=1S/C25H16F3N3O3/c1-30-13-29-19-11-17(18(12-22(19)30)25(26,27)28)16-3-2-10-31-20(16)8-9-21(31)23(32)14-4-6-15(7-5-14)24(33)34/h2-13H,1H3,(H,33,34). The Morgan fingerprint density at radius 2 is 1.62 bits per heavy atom. The molecule has 3 heterocycles. The van der Waals surface area contributed by atoms with Crippen LogP contribution in [0.5, 0.6) is 0 Å². The second-order valence-electron chi connectivity index (χ2n) is 7.85. The fraction of sp³-hybridized carbons (Fsp3) is 0.0800. The zero-order valence-corrected chi connectivity index (χ0v) is 17.7. The molecule has 5 aromatic rings. The topological polar surface area (TPSA) is 76.6 Å². The van der Waals surface area contributed by atoms with Gasteiger partial charge in [-0.1, -0.05) is 18.2 Å². The lowest BCUT2D eigenvalue weighted by atomic mass is 9.98. The molecule has 0 atom stereocenters. The van der Waals surface area contributed by atoms with Crippen LogP contribution in [-0.4, -0.2) is 30.8 Å². The van der Waals surface area contributed by atoms with Gasteiger partial charge in [0.1, 0.15) is 0 Å². The lowest BCUT2D eigenvalue weighted by molar-refractivity contribution is -0.137. The Bertz CT molecular complexity index is 1600. The minimum atomic E-state index is -4.60. The van der Waals surface area contributed by atoms with Crippen LogP contribution in [-0.2, 0) is 13.2 Å². The number of carboxylic acid groups (broad SMARTS) is 1. The summed E-state index contributed by atoms with van der Waals surface area (Å²) in [6.45, 7) is 0. The van der Waals surface area contributed by atoms with Crippen molar-refractivity contribution in [1.82, 2.24) is 14.0 Å². The summed E-state index contributed by atoms with van der Waals surface area (Å²) in [5, 5.41) is 9.05. The summed E-state index contributed by atoms with van der Waals surface area (Å²) >= 11 is 0. The number of alkyl halides is 3. The van der Waals surface area contributed by atoms with E-state index >= 15 is 0 Å². The molecule has 0 saturated heterocycles. The number of hydrogen-bond acceptors (Lipinski definition) is 3. The smallest absolute Gasteiger partial charge is 0.417 e. The van der Waals surface area contributed by atoms with E-state index in [0.717, 1.165) is 6.07 Å². The van der Waals surface area contributed by atoms with Crippen LogP contribution in [0.15, 0.2) is 73.2 Å². The van der Waals surface area contributed by atoms with Crippen molar-refractivity contribution in [2.75, 3.05) is 0 Å². The normalized spacial score (nSPS) is 11.9. The van der Waals surface area contributed by atoms with Gasteiger partial charge in [0.05, 0.1) is 39.7 Å². The second-order valence-corrected chi connectivity index (χ2v) is 7.85. The molecule has 6 nitrogen and oxygen atoms in total. The number of aromatic nitrogens is 3. The predicted octanol–water partition coefficient (Wildman–Crippen LogP) is 5.44. The minimum absolute atomic E-state index is 0.0350. The number of imidazole rings is 1. The molecular weight excluding hydrogens is 447 g/mol. The van der Waals surface area contributed by atoms with Gasteiger partial charge in [-0.15, -0.1) is 0 Å². The van der Waals surface area contributed by atoms with Gasteiger partial charge in [0.25, 0.3) is 0 Å². The first-order valence-electron chi connectivity index (χ1n) is 10.2. The van der Waals surface area contributed by atoms with Crippen LogP contribution >= 0.6 is 0 Å². The van der Waals surface area contributed by atoms with E-state index in [9.17, 15) is 22.8 Å². The van der Waals surface area contributed by atoms with Crippen LogP contribution < -0.4 is 0 Å². The van der Waals surface area contributed by atoms with Crippen molar-refractivity contribution < 1.29 is 27.9 Å². The average molecular weight is 463 g/mol. The van der Waals surface area contributed by atoms with Crippen molar-refractivity contribution >= 4 is 28.3 Å². The van der Waals surface area contributed by atoms with Crippen molar-refractivity contribution in [3.05, 3.63) is 95.6 Å². The summed E-state index contributed by atoms with van der Waals surface area (Å²) in [6.07, 6.45) is -1.54.